The quantitative estimate of drug-likeness (QED) is 0.799. The molecule has 1 atom stereocenters. The highest BCUT2D eigenvalue weighted by Crippen LogP contribution is 2.45. The van der Waals surface area contributed by atoms with E-state index >= 15 is 0 Å². The number of nitrogens with two attached hydrogens (primary N) is 1. The van der Waals surface area contributed by atoms with Gasteiger partial charge in [-0.15, -0.1) is 0 Å². The molecule has 3 nitrogen and oxygen atoms in total. The Morgan fingerprint density at radius 1 is 1.28 bits per heavy atom. The Bertz CT molecular complexity index is 476. The van der Waals surface area contributed by atoms with Gasteiger partial charge in [0, 0.05) is 5.69 Å². The summed E-state index contributed by atoms with van der Waals surface area (Å²) < 4.78 is 0. The van der Waals surface area contributed by atoms with Crippen molar-refractivity contribution in [2.75, 3.05) is 5.73 Å². The van der Waals surface area contributed by atoms with Crippen molar-refractivity contribution in [1.82, 2.24) is 0 Å². The molecule has 1 saturated carbocycles. The lowest BCUT2D eigenvalue weighted by atomic mass is 9.88. The maximum Gasteiger partial charge on any atom is 0.335 e. The molecule has 98 valence electrons. The molecule has 1 fully saturated rings. The van der Waals surface area contributed by atoms with E-state index in [4.69, 9.17) is 5.73 Å². The van der Waals surface area contributed by atoms with E-state index in [-0.39, 0.29) is 5.92 Å². The van der Waals surface area contributed by atoms with Crippen LogP contribution in [0.5, 0.6) is 0 Å². The van der Waals surface area contributed by atoms with Gasteiger partial charge in [-0.3, -0.25) is 0 Å². The zero-order valence-corrected chi connectivity index (χ0v) is 11.2. The maximum absolute atomic E-state index is 11.2. The summed E-state index contributed by atoms with van der Waals surface area (Å²) in [5, 5.41) is 9.20. The minimum absolute atomic E-state index is 0.245. The summed E-state index contributed by atoms with van der Waals surface area (Å²) in [7, 11) is 0. The van der Waals surface area contributed by atoms with E-state index in [0.29, 0.717) is 17.4 Å². The molecule has 18 heavy (non-hydrogen) atoms. The Hall–Kier alpha value is -1.51. The van der Waals surface area contributed by atoms with E-state index in [1.807, 2.05) is 13.8 Å². The van der Waals surface area contributed by atoms with Gasteiger partial charge in [0.25, 0.3) is 0 Å². The number of rotatable bonds is 4. The summed E-state index contributed by atoms with van der Waals surface area (Å²) in [6, 6.07) is 3.47. The zero-order chi connectivity index (χ0) is 13.4. The lowest BCUT2D eigenvalue weighted by Gasteiger charge is -2.19. The van der Waals surface area contributed by atoms with Gasteiger partial charge in [0.1, 0.15) is 0 Å². The zero-order valence-electron chi connectivity index (χ0n) is 11.2. The second-order valence-electron chi connectivity index (χ2n) is 5.65. The van der Waals surface area contributed by atoms with Crippen LogP contribution in [0.25, 0.3) is 0 Å². The van der Waals surface area contributed by atoms with Gasteiger partial charge < -0.3 is 10.8 Å². The van der Waals surface area contributed by atoms with Gasteiger partial charge in [0.2, 0.25) is 0 Å². The van der Waals surface area contributed by atoms with Gasteiger partial charge in [-0.1, -0.05) is 20.8 Å². The summed E-state index contributed by atoms with van der Waals surface area (Å²) in [6.45, 7) is 6.24. The monoisotopic (exact) mass is 247 g/mol. The molecule has 1 unspecified atom stereocenters. The molecule has 0 spiro atoms. The van der Waals surface area contributed by atoms with E-state index in [2.05, 4.69) is 6.92 Å². The van der Waals surface area contributed by atoms with Gasteiger partial charge in [0.15, 0.2) is 0 Å². The topological polar surface area (TPSA) is 63.3 Å². The Morgan fingerprint density at radius 2 is 1.83 bits per heavy atom. The number of carboxylic acids is 1. The van der Waals surface area contributed by atoms with Gasteiger partial charge in [-0.25, -0.2) is 4.79 Å². The summed E-state index contributed by atoms with van der Waals surface area (Å²) >= 11 is 0. The van der Waals surface area contributed by atoms with E-state index < -0.39 is 5.97 Å². The number of carbonyl (C=O) groups is 1. The minimum Gasteiger partial charge on any atom is -0.478 e. The third-order valence-electron chi connectivity index (χ3n) is 3.93. The first-order chi connectivity index (χ1) is 8.41. The van der Waals surface area contributed by atoms with Crippen LogP contribution in [-0.4, -0.2) is 11.1 Å². The summed E-state index contributed by atoms with van der Waals surface area (Å²) in [5.41, 5.74) is 9.34. The fraction of sp³-hybridized carbons (Fsp3) is 0.533. The lowest BCUT2D eigenvalue weighted by molar-refractivity contribution is 0.0696. The minimum atomic E-state index is -0.874. The molecule has 1 aromatic rings. The van der Waals surface area contributed by atoms with Gasteiger partial charge in [-0.05, 0) is 53.9 Å². The molecule has 0 aromatic heterocycles. The van der Waals surface area contributed by atoms with Crippen LogP contribution in [0.2, 0.25) is 0 Å². The lowest BCUT2D eigenvalue weighted by Crippen LogP contribution is -2.09. The molecule has 3 heteroatoms. The number of benzene rings is 1. The molecule has 1 aromatic carbocycles. The predicted molar refractivity (Wildman–Crippen MR) is 73.0 cm³/mol. The average Bonchev–Trinajstić information content (AvgIpc) is 3.11. The van der Waals surface area contributed by atoms with E-state index in [0.717, 1.165) is 16.8 Å². The normalized spacial score (nSPS) is 16.9. The number of nitrogen functional groups attached to an aromatic ring is 1. The molecule has 1 aliphatic rings. The van der Waals surface area contributed by atoms with Crippen molar-refractivity contribution in [1.29, 1.82) is 0 Å². The Kier molecular flexibility index (Phi) is 3.33. The number of aromatic carboxylic acids is 1. The van der Waals surface area contributed by atoms with E-state index in [1.54, 1.807) is 12.1 Å². The standard InChI is InChI=1S/C15H21NO2/c1-8(2)12-6-11(15(17)18)7-13(14(12)16)9(3)10-4-5-10/h6-10H,4-5,16H2,1-3H3,(H,17,18). The summed E-state index contributed by atoms with van der Waals surface area (Å²) in [5.74, 6) is 0.411. The number of anilines is 1. The molecular weight excluding hydrogens is 226 g/mol. The molecule has 0 heterocycles. The van der Waals surface area contributed by atoms with Crippen LogP contribution >= 0.6 is 0 Å². The SMILES string of the molecule is CC(C)c1cc(C(=O)O)cc(C(C)C2CC2)c1N. The second-order valence-corrected chi connectivity index (χ2v) is 5.65. The highest BCUT2D eigenvalue weighted by molar-refractivity contribution is 5.89. The smallest absolute Gasteiger partial charge is 0.335 e. The first kappa shape index (κ1) is 12.9. The molecule has 2 rings (SSSR count). The third-order valence-corrected chi connectivity index (χ3v) is 3.93. The molecule has 3 N–H and O–H groups in total. The fourth-order valence-corrected chi connectivity index (χ4v) is 2.53. The first-order valence-corrected chi connectivity index (χ1v) is 6.58. The number of carboxylic acid groups (broad SMARTS) is 1. The maximum atomic E-state index is 11.2. The second kappa shape index (κ2) is 4.63. The predicted octanol–water partition coefficient (Wildman–Crippen LogP) is 3.60. The summed E-state index contributed by atoms with van der Waals surface area (Å²) in [4.78, 5) is 11.2. The van der Waals surface area contributed by atoms with Crippen LogP contribution in [0, 0.1) is 5.92 Å². The molecule has 0 bridgehead atoms. The molecule has 0 radical (unpaired) electrons. The van der Waals surface area contributed by atoms with Crippen LogP contribution < -0.4 is 5.73 Å². The van der Waals surface area contributed by atoms with Gasteiger partial charge in [-0.2, -0.15) is 0 Å². The van der Waals surface area contributed by atoms with Crippen molar-refractivity contribution in [3.63, 3.8) is 0 Å². The Balaban J connectivity index is 2.52. The average molecular weight is 247 g/mol. The van der Waals surface area contributed by atoms with Gasteiger partial charge >= 0.3 is 5.97 Å². The molecule has 1 aliphatic carbocycles. The highest BCUT2D eigenvalue weighted by atomic mass is 16.4. The third kappa shape index (κ3) is 2.35. The van der Waals surface area contributed by atoms with Crippen LogP contribution in [-0.2, 0) is 0 Å². The first-order valence-electron chi connectivity index (χ1n) is 6.58. The highest BCUT2D eigenvalue weighted by Gasteiger charge is 2.31. The number of hydrogen-bond donors (Lipinski definition) is 2. The van der Waals surface area contributed by atoms with Gasteiger partial charge in [0.05, 0.1) is 5.56 Å². The Morgan fingerprint density at radius 3 is 2.28 bits per heavy atom. The van der Waals surface area contributed by atoms with Crippen molar-refractivity contribution >= 4 is 11.7 Å². The molecule has 0 aliphatic heterocycles. The number of hydrogen-bond acceptors (Lipinski definition) is 2. The van der Waals surface area contributed by atoms with Crippen LogP contribution in [0.3, 0.4) is 0 Å². The van der Waals surface area contributed by atoms with Crippen LogP contribution in [0.1, 0.15) is 66.9 Å². The molecule has 0 amide bonds. The van der Waals surface area contributed by atoms with Crippen molar-refractivity contribution in [3.8, 4) is 0 Å². The fourth-order valence-electron chi connectivity index (χ4n) is 2.53. The van der Waals surface area contributed by atoms with Crippen molar-refractivity contribution < 1.29 is 9.90 Å². The summed E-state index contributed by atoms with van der Waals surface area (Å²) in [6.07, 6.45) is 2.46. The van der Waals surface area contributed by atoms with Crippen LogP contribution in [0.15, 0.2) is 12.1 Å². The van der Waals surface area contributed by atoms with E-state index in [9.17, 15) is 9.90 Å². The van der Waals surface area contributed by atoms with Crippen molar-refractivity contribution in [2.45, 2.75) is 45.4 Å². The van der Waals surface area contributed by atoms with Crippen molar-refractivity contribution in [2.24, 2.45) is 5.92 Å². The molecular formula is C15H21NO2. The van der Waals surface area contributed by atoms with E-state index in [1.165, 1.54) is 12.8 Å². The van der Waals surface area contributed by atoms with Crippen LogP contribution in [0.4, 0.5) is 5.69 Å². The molecule has 0 saturated heterocycles. The largest absolute Gasteiger partial charge is 0.478 e. The van der Waals surface area contributed by atoms with Crippen molar-refractivity contribution in [3.05, 3.63) is 28.8 Å². The Labute approximate surface area is 108 Å².